The van der Waals surface area contributed by atoms with Crippen LogP contribution in [0.3, 0.4) is 0 Å². The van der Waals surface area contributed by atoms with E-state index in [4.69, 9.17) is 9.47 Å². The van der Waals surface area contributed by atoms with E-state index >= 15 is 0 Å². The summed E-state index contributed by atoms with van der Waals surface area (Å²) in [6.07, 6.45) is -0.555. The minimum atomic E-state index is -1.11. The summed E-state index contributed by atoms with van der Waals surface area (Å²) < 4.78 is 39.2. The highest BCUT2D eigenvalue weighted by Gasteiger charge is 2.29. The first-order valence-electron chi connectivity index (χ1n) is 8.42. The van der Waals surface area contributed by atoms with E-state index in [1.807, 2.05) is 6.92 Å². The van der Waals surface area contributed by atoms with Gasteiger partial charge in [-0.25, -0.2) is 13.8 Å². The Morgan fingerprint density at radius 3 is 2.84 bits per heavy atom. The van der Waals surface area contributed by atoms with Crippen LogP contribution in [0.5, 0.6) is 5.88 Å². The molecule has 2 atom stereocenters. The number of fused-ring (bicyclic) bond motifs is 1. The molecule has 1 aromatic heterocycles. The van der Waals surface area contributed by atoms with Crippen molar-refractivity contribution in [1.82, 2.24) is 4.98 Å². The lowest BCUT2D eigenvalue weighted by molar-refractivity contribution is 0.0860. The average Bonchev–Trinajstić information content (AvgIpc) is 2.61. The lowest BCUT2D eigenvalue weighted by atomic mass is 9.93. The Kier molecular flexibility index (Phi) is 5.02. The molecular formula is C20H21F2NO2. The Bertz CT molecular complexity index is 789. The molecule has 1 aromatic carbocycles. The first kappa shape index (κ1) is 17.4. The van der Waals surface area contributed by atoms with Crippen LogP contribution in [0.1, 0.15) is 31.5 Å². The lowest BCUT2D eigenvalue weighted by Gasteiger charge is -2.28. The molecular weight excluding hydrogens is 324 g/mol. The molecule has 0 bridgehead atoms. The molecule has 0 saturated heterocycles. The van der Waals surface area contributed by atoms with Gasteiger partial charge in [0.2, 0.25) is 5.88 Å². The molecule has 2 aromatic rings. The first-order valence-corrected chi connectivity index (χ1v) is 8.42. The first-order chi connectivity index (χ1) is 12.0. The number of alkyl halides is 1. The molecule has 2 unspecified atom stereocenters. The van der Waals surface area contributed by atoms with Gasteiger partial charge in [0, 0.05) is 11.1 Å². The van der Waals surface area contributed by atoms with Gasteiger partial charge in [0.05, 0.1) is 6.61 Å². The van der Waals surface area contributed by atoms with Crippen LogP contribution in [0.25, 0.3) is 16.9 Å². The zero-order chi connectivity index (χ0) is 18.0. The molecule has 25 heavy (non-hydrogen) atoms. The Morgan fingerprint density at radius 1 is 1.40 bits per heavy atom. The average molecular weight is 345 g/mol. The molecule has 0 radical (unpaired) electrons. The van der Waals surface area contributed by atoms with E-state index < -0.39 is 12.3 Å². The van der Waals surface area contributed by atoms with E-state index in [1.54, 1.807) is 24.3 Å². The van der Waals surface area contributed by atoms with Gasteiger partial charge in [0.15, 0.2) is 0 Å². The summed E-state index contributed by atoms with van der Waals surface area (Å²) in [7, 11) is 0. The van der Waals surface area contributed by atoms with Crippen LogP contribution in [0, 0.1) is 5.82 Å². The molecule has 0 amide bonds. The topological polar surface area (TPSA) is 31.4 Å². The molecule has 132 valence electrons. The smallest absolute Gasteiger partial charge is 0.218 e. The third-order valence-corrected chi connectivity index (χ3v) is 4.31. The maximum absolute atomic E-state index is 14.4. The summed E-state index contributed by atoms with van der Waals surface area (Å²) in [4.78, 5) is 4.44. The standard InChI is InChI=1S/C20H21F2NO2/c1-4-24-13(3)18-11-16(14-7-5-6-8-17(14)22)15-9-10-19(12(2)21)25-20(15)23-18/h5-8,11-12,19H,3-4,9-10H2,1-2H3. The minimum Gasteiger partial charge on any atom is -0.492 e. The van der Waals surface area contributed by atoms with E-state index in [9.17, 15) is 8.78 Å². The molecule has 3 rings (SSSR count). The number of hydrogen-bond donors (Lipinski definition) is 0. The fourth-order valence-electron chi connectivity index (χ4n) is 3.01. The number of pyridine rings is 1. The molecule has 0 saturated carbocycles. The van der Waals surface area contributed by atoms with Gasteiger partial charge in [-0.3, -0.25) is 0 Å². The van der Waals surface area contributed by atoms with Crippen molar-refractivity contribution >= 4 is 5.76 Å². The van der Waals surface area contributed by atoms with Gasteiger partial charge < -0.3 is 9.47 Å². The van der Waals surface area contributed by atoms with Crippen LogP contribution in [-0.2, 0) is 11.2 Å². The molecule has 2 heterocycles. The van der Waals surface area contributed by atoms with Crippen molar-refractivity contribution in [3.05, 3.63) is 54.0 Å². The highest BCUT2D eigenvalue weighted by atomic mass is 19.1. The van der Waals surface area contributed by atoms with Crippen molar-refractivity contribution in [3.8, 4) is 17.0 Å². The van der Waals surface area contributed by atoms with Crippen LogP contribution in [0.2, 0.25) is 0 Å². The van der Waals surface area contributed by atoms with E-state index in [1.165, 1.54) is 13.0 Å². The Morgan fingerprint density at radius 2 is 2.16 bits per heavy atom. The monoisotopic (exact) mass is 345 g/mol. The highest BCUT2D eigenvalue weighted by Crippen LogP contribution is 2.38. The predicted octanol–water partition coefficient (Wildman–Crippen LogP) is 4.95. The molecule has 3 nitrogen and oxygen atoms in total. The van der Waals surface area contributed by atoms with Gasteiger partial charge in [0.25, 0.3) is 0 Å². The van der Waals surface area contributed by atoms with Crippen LogP contribution in [-0.4, -0.2) is 23.9 Å². The summed E-state index contributed by atoms with van der Waals surface area (Å²) >= 11 is 0. The number of hydrogen-bond acceptors (Lipinski definition) is 3. The van der Waals surface area contributed by atoms with Crippen molar-refractivity contribution in [1.29, 1.82) is 0 Å². The fourth-order valence-corrected chi connectivity index (χ4v) is 3.01. The molecule has 1 aliphatic rings. The van der Waals surface area contributed by atoms with Crippen LogP contribution in [0.15, 0.2) is 36.9 Å². The summed E-state index contributed by atoms with van der Waals surface area (Å²) in [5, 5.41) is 0. The van der Waals surface area contributed by atoms with Crippen LogP contribution >= 0.6 is 0 Å². The van der Waals surface area contributed by atoms with E-state index in [0.717, 1.165) is 5.56 Å². The zero-order valence-electron chi connectivity index (χ0n) is 14.4. The van der Waals surface area contributed by atoms with Crippen molar-refractivity contribution in [2.45, 2.75) is 39.0 Å². The summed E-state index contributed by atoms with van der Waals surface area (Å²) in [6, 6.07) is 8.30. The summed E-state index contributed by atoms with van der Waals surface area (Å²) in [5.74, 6) is 0.379. The maximum Gasteiger partial charge on any atom is 0.218 e. The normalized spacial score (nSPS) is 17.4. The fraction of sp³-hybridized carbons (Fsp3) is 0.350. The van der Waals surface area contributed by atoms with Crippen molar-refractivity contribution in [2.75, 3.05) is 6.61 Å². The molecule has 5 heteroatoms. The summed E-state index contributed by atoms with van der Waals surface area (Å²) in [6.45, 7) is 7.62. The number of ether oxygens (including phenoxy) is 2. The van der Waals surface area contributed by atoms with Gasteiger partial charge in [-0.05, 0) is 44.4 Å². The SMILES string of the molecule is C=C(OCC)c1cc(-c2ccccc2F)c2c(n1)OC(C(C)F)CC2. The van der Waals surface area contributed by atoms with Crippen LogP contribution < -0.4 is 4.74 Å². The molecule has 0 fully saturated rings. The van der Waals surface area contributed by atoms with Gasteiger partial charge >= 0.3 is 0 Å². The second-order valence-electron chi connectivity index (χ2n) is 6.05. The van der Waals surface area contributed by atoms with E-state index in [2.05, 4.69) is 11.6 Å². The number of rotatable bonds is 5. The van der Waals surface area contributed by atoms with Crippen molar-refractivity contribution < 1.29 is 18.3 Å². The van der Waals surface area contributed by atoms with Gasteiger partial charge in [-0.2, -0.15) is 0 Å². The Hall–Kier alpha value is -2.43. The van der Waals surface area contributed by atoms with E-state index in [0.29, 0.717) is 47.9 Å². The largest absolute Gasteiger partial charge is 0.492 e. The minimum absolute atomic E-state index is 0.329. The van der Waals surface area contributed by atoms with Gasteiger partial charge in [0.1, 0.15) is 29.5 Å². The third-order valence-electron chi connectivity index (χ3n) is 4.31. The maximum atomic E-state index is 14.4. The lowest BCUT2D eigenvalue weighted by Crippen LogP contribution is -2.31. The Balaban J connectivity index is 2.14. The molecule has 0 spiro atoms. The van der Waals surface area contributed by atoms with Gasteiger partial charge in [-0.15, -0.1) is 0 Å². The highest BCUT2D eigenvalue weighted by molar-refractivity contribution is 5.73. The molecule has 0 N–H and O–H groups in total. The number of aromatic nitrogens is 1. The zero-order valence-corrected chi connectivity index (χ0v) is 14.4. The van der Waals surface area contributed by atoms with Crippen molar-refractivity contribution in [3.63, 3.8) is 0 Å². The van der Waals surface area contributed by atoms with Crippen LogP contribution in [0.4, 0.5) is 8.78 Å². The number of halogens is 2. The third kappa shape index (κ3) is 3.50. The molecule has 0 aliphatic carbocycles. The molecule has 1 aliphatic heterocycles. The second kappa shape index (κ2) is 7.21. The number of benzene rings is 1. The predicted molar refractivity (Wildman–Crippen MR) is 93.6 cm³/mol. The van der Waals surface area contributed by atoms with Crippen molar-refractivity contribution in [2.24, 2.45) is 0 Å². The van der Waals surface area contributed by atoms with Gasteiger partial charge in [-0.1, -0.05) is 24.8 Å². The Labute approximate surface area is 146 Å². The number of nitrogens with zero attached hydrogens (tertiary/aromatic N) is 1. The van der Waals surface area contributed by atoms with E-state index in [-0.39, 0.29) is 5.82 Å². The quantitative estimate of drug-likeness (QED) is 0.719. The summed E-state index contributed by atoms with van der Waals surface area (Å²) in [5.41, 5.74) is 2.40. The second-order valence-corrected chi connectivity index (χ2v) is 6.05.